The van der Waals surface area contributed by atoms with E-state index in [9.17, 15) is 31.4 Å². The number of nitrogens with zero attached hydrogens (tertiary/aromatic N) is 1. The van der Waals surface area contributed by atoms with E-state index >= 15 is 0 Å². The standard InChI is InChI=1S/C18H21F6N3O/c1-16(2,3)26-8-7-25-15(28)11-9-13(18(22,23)24)27-14-10(11)5-4-6-12(14)17(19,20)21/h4-6,9,15,25-26,28H,7-8H2,1-3H3. The van der Waals surface area contributed by atoms with Crippen molar-refractivity contribution in [3.05, 3.63) is 41.1 Å². The number of halogens is 6. The first-order chi connectivity index (χ1) is 12.7. The van der Waals surface area contributed by atoms with Gasteiger partial charge in [0.05, 0.1) is 11.1 Å². The monoisotopic (exact) mass is 409 g/mol. The van der Waals surface area contributed by atoms with Crippen molar-refractivity contribution < 1.29 is 31.4 Å². The van der Waals surface area contributed by atoms with Crippen LogP contribution in [-0.2, 0) is 12.4 Å². The fraction of sp³-hybridized carbons (Fsp3) is 0.500. The van der Waals surface area contributed by atoms with Gasteiger partial charge in [-0.15, -0.1) is 0 Å². The third-order valence-corrected chi connectivity index (χ3v) is 3.88. The Balaban J connectivity index is 2.46. The fourth-order valence-corrected chi connectivity index (χ4v) is 2.63. The SMILES string of the molecule is CC(C)(C)NCCNC(O)c1cc(C(F)(F)F)nc2c(C(F)(F)F)cccc12. The van der Waals surface area contributed by atoms with Gasteiger partial charge in [-0.05, 0) is 32.9 Å². The molecule has 28 heavy (non-hydrogen) atoms. The number of para-hydroxylation sites is 1. The number of fused-ring (bicyclic) bond motifs is 1. The molecule has 156 valence electrons. The lowest BCUT2D eigenvalue weighted by Gasteiger charge is -2.22. The molecular weight excluding hydrogens is 388 g/mol. The van der Waals surface area contributed by atoms with E-state index in [0.717, 1.165) is 6.07 Å². The number of aromatic nitrogens is 1. The maximum Gasteiger partial charge on any atom is 0.433 e. The molecule has 1 unspecified atom stereocenters. The number of alkyl halides is 6. The number of benzene rings is 1. The molecule has 0 aliphatic heterocycles. The van der Waals surface area contributed by atoms with Crippen molar-refractivity contribution in [2.75, 3.05) is 13.1 Å². The summed E-state index contributed by atoms with van der Waals surface area (Å²) in [6, 6.07) is 3.49. The van der Waals surface area contributed by atoms with Gasteiger partial charge in [-0.1, -0.05) is 12.1 Å². The summed E-state index contributed by atoms with van der Waals surface area (Å²) < 4.78 is 79.2. The Morgan fingerprint density at radius 1 is 1.00 bits per heavy atom. The summed E-state index contributed by atoms with van der Waals surface area (Å²) >= 11 is 0. The molecule has 0 spiro atoms. The first-order valence-electron chi connectivity index (χ1n) is 8.45. The molecule has 4 nitrogen and oxygen atoms in total. The molecule has 0 saturated carbocycles. The van der Waals surface area contributed by atoms with Gasteiger partial charge in [-0.25, -0.2) is 4.98 Å². The molecule has 1 atom stereocenters. The summed E-state index contributed by atoms with van der Waals surface area (Å²) in [6.45, 7) is 6.31. The first kappa shape index (κ1) is 22.4. The van der Waals surface area contributed by atoms with E-state index in [1.54, 1.807) is 0 Å². The lowest BCUT2D eigenvalue weighted by Crippen LogP contribution is -2.40. The van der Waals surface area contributed by atoms with Gasteiger partial charge in [0.15, 0.2) is 0 Å². The molecule has 0 radical (unpaired) electrons. The van der Waals surface area contributed by atoms with Crippen molar-refractivity contribution in [3.8, 4) is 0 Å². The van der Waals surface area contributed by atoms with Crippen molar-refractivity contribution in [2.24, 2.45) is 0 Å². The Kier molecular flexibility index (Phi) is 6.27. The van der Waals surface area contributed by atoms with E-state index in [1.165, 1.54) is 6.07 Å². The maximum atomic E-state index is 13.2. The molecule has 1 aromatic carbocycles. The van der Waals surface area contributed by atoms with Crippen LogP contribution in [0.2, 0.25) is 0 Å². The molecule has 0 amide bonds. The molecule has 1 aromatic heterocycles. The normalized spacial score (nSPS) is 14.5. The highest BCUT2D eigenvalue weighted by atomic mass is 19.4. The van der Waals surface area contributed by atoms with Crippen LogP contribution < -0.4 is 10.6 Å². The van der Waals surface area contributed by atoms with Crippen molar-refractivity contribution >= 4 is 10.9 Å². The summed E-state index contributed by atoms with van der Waals surface area (Å²) in [5.41, 5.74) is -4.17. The number of rotatable bonds is 5. The van der Waals surface area contributed by atoms with Gasteiger partial charge in [0.2, 0.25) is 0 Å². The van der Waals surface area contributed by atoms with Crippen molar-refractivity contribution in [1.82, 2.24) is 15.6 Å². The van der Waals surface area contributed by atoms with Crippen molar-refractivity contribution in [3.63, 3.8) is 0 Å². The average molecular weight is 409 g/mol. The fourth-order valence-electron chi connectivity index (χ4n) is 2.63. The van der Waals surface area contributed by atoms with Gasteiger partial charge >= 0.3 is 12.4 Å². The highest BCUT2D eigenvalue weighted by molar-refractivity contribution is 5.86. The molecule has 0 saturated heterocycles. The van der Waals surface area contributed by atoms with Crippen LogP contribution in [0.4, 0.5) is 26.3 Å². The van der Waals surface area contributed by atoms with Crippen LogP contribution in [-0.4, -0.2) is 28.7 Å². The largest absolute Gasteiger partial charge is 0.433 e. The van der Waals surface area contributed by atoms with Gasteiger partial charge in [0.25, 0.3) is 0 Å². The second kappa shape index (κ2) is 7.84. The Morgan fingerprint density at radius 3 is 2.18 bits per heavy atom. The molecule has 0 aliphatic rings. The summed E-state index contributed by atoms with van der Waals surface area (Å²) in [4.78, 5) is 3.19. The number of aliphatic hydroxyl groups is 1. The third kappa shape index (κ3) is 5.55. The lowest BCUT2D eigenvalue weighted by atomic mass is 10.0. The maximum absolute atomic E-state index is 13.2. The average Bonchev–Trinajstić information content (AvgIpc) is 2.54. The van der Waals surface area contributed by atoms with E-state index in [2.05, 4.69) is 15.6 Å². The molecular formula is C18H21F6N3O. The van der Waals surface area contributed by atoms with Crippen LogP contribution in [0.25, 0.3) is 10.9 Å². The van der Waals surface area contributed by atoms with Gasteiger partial charge in [-0.3, -0.25) is 5.32 Å². The Labute approximate surface area is 158 Å². The highest BCUT2D eigenvalue weighted by Crippen LogP contribution is 2.38. The van der Waals surface area contributed by atoms with E-state index < -0.39 is 35.4 Å². The van der Waals surface area contributed by atoms with Gasteiger partial charge in [0, 0.05) is 29.6 Å². The van der Waals surface area contributed by atoms with Crippen LogP contribution in [0, 0.1) is 0 Å². The van der Waals surface area contributed by atoms with Gasteiger partial charge in [0.1, 0.15) is 11.9 Å². The van der Waals surface area contributed by atoms with Crippen LogP contribution in [0.5, 0.6) is 0 Å². The van der Waals surface area contributed by atoms with E-state index in [-0.39, 0.29) is 23.0 Å². The number of aliphatic hydroxyl groups excluding tert-OH is 1. The molecule has 10 heteroatoms. The van der Waals surface area contributed by atoms with E-state index in [4.69, 9.17) is 0 Å². The van der Waals surface area contributed by atoms with Crippen molar-refractivity contribution in [1.29, 1.82) is 0 Å². The molecule has 1 heterocycles. The van der Waals surface area contributed by atoms with Crippen LogP contribution in [0.3, 0.4) is 0 Å². The molecule has 2 rings (SSSR count). The lowest BCUT2D eigenvalue weighted by molar-refractivity contribution is -0.142. The second-order valence-corrected chi connectivity index (χ2v) is 7.33. The zero-order valence-corrected chi connectivity index (χ0v) is 15.5. The van der Waals surface area contributed by atoms with Crippen LogP contribution in [0.1, 0.15) is 43.8 Å². The van der Waals surface area contributed by atoms with Crippen LogP contribution >= 0.6 is 0 Å². The molecule has 2 aromatic rings. The van der Waals surface area contributed by atoms with Gasteiger partial charge in [-0.2, -0.15) is 26.3 Å². The molecule has 0 bridgehead atoms. The zero-order valence-electron chi connectivity index (χ0n) is 15.5. The quantitative estimate of drug-likeness (QED) is 0.393. The minimum absolute atomic E-state index is 0.183. The molecule has 3 N–H and O–H groups in total. The summed E-state index contributed by atoms with van der Waals surface area (Å²) in [7, 11) is 0. The number of pyridine rings is 1. The van der Waals surface area contributed by atoms with E-state index in [1.807, 2.05) is 20.8 Å². The van der Waals surface area contributed by atoms with Gasteiger partial charge < -0.3 is 10.4 Å². The number of nitrogens with one attached hydrogen (secondary N) is 2. The smallest absolute Gasteiger partial charge is 0.374 e. The molecule has 0 fully saturated rings. The predicted molar refractivity (Wildman–Crippen MR) is 92.5 cm³/mol. The molecule has 0 aliphatic carbocycles. The van der Waals surface area contributed by atoms with Crippen LogP contribution in [0.15, 0.2) is 24.3 Å². The van der Waals surface area contributed by atoms with Crippen molar-refractivity contribution in [2.45, 2.75) is 44.9 Å². The minimum Gasteiger partial charge on any atom is -0.374 e. The summed E-state index contributed by atoms with van der Waals surface area (Å²) in [5, 5.41) is 15.8. The number of hydrogen-bond acceptors (Lipinski definition) is 4. The minimum atomic E-state index is -4.96. The number of hydrogen-bond donors (Lipinski definition) is 3. The Bertz CT molecular complexity index is 827. The Hall–Kier alpha value is -1.91. The predicted octanol–water partition coefficient (Wildman–Crippen LogP) is 4.24. The first-order valence-corrected chi connectivity index (χ1v) is 8.45. The summed E-state index contributed by atoms with van der Waals surface area (Å²) in [6.07, 6.45) is -11.4. The topological polar surface area (TPSA) is 57.2 Å². The Morgan fingerprint density at radius 2 is 1.64 bits per heavy atom. The van der Waals surface area contributed by atoms with E-state index in [0.29, 0.717) is 18.7 Å². The second-order valence-electron chi connectivity index (χ2n) is 7.33. The highest BCUT2D eigenvalue weighted by Gasteiger charge is 2.37. The third-order valence-electron chi connectivity index (χ3n) is 3.88. The zero-order chi connectivity index (χ0) is 21.3. The summed E-state index contributed by atoms with van der Waals surface area (Å²) in [5.74, 6) is 0.